The molecule has 590 valence electrons. The van der Waals surface area contributed by atoms with Crippen LogP contribution in [0.5, 0.6) is 0 Å². The molecule has 12 aromatic carbocycles. The lowest BCUT2D eigenvalue weighted by molar-refractivity contribution is 0.103. The zero-order valence-corrected chi connectivity index (χ0v) is 71.7. The molecule has 0 unspecified atom stereocenters. The van der Waals surface area contributed by atoms with E-state index in [1.807, 2.05) is 52.0 Å². The maximum Gasteiger partial charge on any atom is 0.491 e. The molecule has 7 heterocycles. The maximum absolute atomic E-state index is 13.2. The predicted molar refractivity (Wildman–Crippen MR) is 492 cm³/mol. The van der Waals surface area contributed by atoms with Gasteiger partial charge in [0.25, 0.3) is 0 Å². The van der Waals surface area contributed by atoms with Gasteiger partial charge in [-0.05, 0) is 213 Å². The number of fused-ring (bicyclic) bond motifs is 14. The van der Waals surface area contributed by atoms with Gasteiger partial charge < -0.3 is 31.3 Å². The highest BCUT2D eigenvalue weighted by Gasteiger charge is 2.37. The Bertz CT molecular complexity index is 5630. The molecule has 14 nitrogen and oxygen atoms in total. The SMILES string of the molecule is CC1(C)c2ccccc2Nc2ccccc21.CC1(C)c2ccccc2Nc2ccccc21.CC1(C)c2ccccc2Nc2ccccc21.CC1(C)c2ccccc2Nc2ccccc21.Cc1cc2c(cc1-c1cncnc1)C(=O)c1cc(-c3cncnc3)c(C)cc1-2.Cc1cc2c(cc1Br)C(=O)c1cc(Br)c(C)cc1-2.OB(O)c1cncnc1. The number of hydrogen-bond donors (Lipinski definition) is 6. The highest BCUT2D eigenvalue weighted by molar-refractivity contribution is 9.10. The Kier molecular flexibility index (Phi) is 23.1. The summed E-state index contributed by atoms with van der Waals surface area (Å²) in [7, 11) is -1.47. The molecule has 0 bridgehead atoms. The first kappa shape index (κ1) is 81.5. The molecule has 6 aliphatic rings. The molecule has 3 aromatic heterocycles. The quantitative estimate of drug-likeness (QED) is 0.0913. The Hall–Kier alpha value is -12.6. The molecule has 0 saturated heterocycles. The van der Waals surface area contributed by atoms with Crippen molar-refractivity contribution in [3.8, 4) is 44.5 Å². The molecular weight excluding hydrogens is 1600 g/mol. The van der Waals surface area contributed by atoms with E-state index in [4.69, 9.17) is 10.0 Å². The summed E-state index contributed by atoms with van der Waals surface area (Å²) in [6.45, 7) is 26.4. The average molecular weight is 1690 g/mol. The van der Waals surface area contributed by atoms with Gasteiger partial charge in [0.2, 0.25) is 0 Å². The largest absolute Gasteiger partial charge is 0.491 e. The molecule has 15 aromatic rings. The van der Waals surface area contributed by atoms with Crippen LogP contribution in [0.2, 0.25) is 0 Å². The molecule has 119 heavy (non-hydrogen) atoms. The summed E-state index contributed by atoms with van der Waals surface area (Å²) < 4.78 is 1.97. The fraction of sp³-hybridized carbons (Fsp3) is 0.157. The Morgan fingerprint density at radius 2 is 0.471 bits per heavy atom. The second-order valence-corrected chi connectivity index (χ2v) is 34.3. The van der Waals surface area contributed by atoms with E-state index in [0.29, 0.717) is 5.46 Å². The zero-order chi connectivity index (χ0) is 83.7. The van der Waals surface area contributed by atoms with Gasteiger partial charge in [0.1, 0.15) is 19.0 Å². The number of carbonyl (C=O) groups excluding carboxylic acids is 2. The molecular formula is C102H91BBr2N10O4. The molecule has 0 fully saturated rings. The third kappa shape index (κ3) is 16.2. The normalized spacial score (nSPS) is 13.9. The van der Waals surface area contributed by atoms with Gasteiger partial charge in [-0.15, -0.1) is 0 Å². The van der Waals surface area contributed by atoms with E-state index in [-0.39, 0.29) is 33.2 Å². The van der Waals surface area contributed by atoms with Crippen LogP contribution in [0.4, 0.5) is 45.5 Å². The van der Waals surface area contributed by atoms with E-state index in [0.717, 1.165) is 98.0 Å². The summed E-state index contributed by atoms with van der Waals surface area (Å²) >= 11 is 6.98. The number of nitrogens with one attached hydrogen (secondary N) is 4. The minimum Gasteiger partial charge on any atom is -0.423 e. The summed E-state index contributed by atoms with van der Waals surface area (Å²) in [5.41, 5.74) is 36.7. The number of ketones is 2. The third-order valence-corrected chi connectivity index (χ3v) is 25.1. The number of benzene rings is 12. The van der Waals surface area contributed by atoms with Crippen molar-refractivity contribution in [1.29, 1.82) is 0 Å². The number of nitrogens with zero attached hydrogens (tertiary/aromatic N) is 6. The minimum absolute atomic E-state index is 0.0428. The lowest BCUT2D eigenvalue weighted by Gasteiger charge is -2.35. The first-order valence-corrected chi connectivity index (χ1v) is 41.2. The Morgan fingerprint density at radius 1 is 0.269 bits per heavy atom. The van der Waals surface area contributed by atoms with Crippen LogP contribution in [0.1, 0.15) is 154 Å². The van der Waals surface area contributed by atoms with Crippen molar-refractivity contribution in [1.82, 2.24) is 29.9 Å². The first-order valence-electron chi connectivity index (χ1n) is 39.7. The zero-order valence-electron chi connectivity index (χ0n) is 68.5. The average Bonchev–Trinajstić information content (AvgIpc) is 1.67. The topological polar surface area (TPSA) is 200 Å². The molecule has 0 amide bonds. The number of para-hydroxylation sites is 8. The summed E-state index contributed by atoms with van der Waals surface area (Å²) in [4.78, 5) is 49.2. The van der Waals surface area contributed by atoms with Gasteiger partial charge in [0.05, 0.1) is 0 Å². The van der Waals surface area contributed by atoms with Crippen LogP contribution < -0.4 is 26.7 Å². The van der Waals surface area contributed by atoms with Crippen LogP contribution in [-0.4, -0.2) is 58.6 Å². The molecule has 0 radical (unpaired) electrons. The van der Waals surface area contributed by atoms with E-state index in [1.165, 1.54) is 121 Å². The maximum atomic E-state index is 13.2. The van der Waals surface area contributed by atoms with Gasteiger partial charge in [0, 0.05) is 152 Å². The van der Waals surface area contributed by atoms with Gasteiger partial charge in [-0.2, -0.15) is 0 Å². The Labute approximate surface area is 713 Å². The molecule has 0 saturated carbocycles. The number of aryl methyl sites for hydroxylation is 4. The molecule has 0 spiro atoms. The van der Waals surface area contributed by atoms with Crippen LogP contribution in [-0.2, 0) is 21.7 Å². The van der Waals surface area contributed by atoms with Crippen molar-refractivity contribution in [2.24, 2.45) is 0 Å². The number of rotatable bonds is 3. The smallest absolute Gasteiger partial charge is 0.423 e. The van der Waals surface area contributed by atoms with Crippen LogP contribution in [0.15, 0.2) is 308 Å². The Balaban J connectivity index is 0.000000111. The second kappa shape index (κ2) is 33.8. The standard InChI is InChI=1S/C23H16N4O.C15H10Br2O.4C15H15N.C4H5BN2O2/c1-13-3-19-20-4-14(2)18(16-9-26-12-27-10-16)6-22(20)23(28)21(19)5-17(13)15-7-24-11-25-8-15;1-7-3-9-10-4-8(2)14(17)6-12(10)15(18)11(9)5-13(7)16;4*1-15(2)11-7-3-5-9-13(11)16-14-10-6-4-8-12(14)15;8-5(9)4-1-6-3-7-2-4/h3-12H,1-2H3;3-6H,1-2H3;4*3-10,16H,1-2H3;1-3,8-9H. The molecule has 4 aliphatic heterocycles. The minimum atomic E-state index is -1.47. The second-order valence-electron chi connectivity index (χ2n) is 32.5. The van der Waals surface area contributed by atoms with Gasteiger partial charge in [-0.25, -0.2) is 29.9 Å². The summed E-state index contributed by atoms with van der Waals surface area (Å²) in [6, 6.07) is 84.4. The molecule has 2 aliphatic carbocycles. The van der Waals surface area contributed by atoms with Gasteiger partial charge in [-0.3, -0.25) is 9.59 Å². The summed E-state index contributed by atoms with van der Waals surface area (Å²) in [5, 5.41) is 31.0. The van der Waals surface area contributed by atoms with Crippen LogP contribution >= 0.6 is 31.9 Å². The summed E-state index contributed by atoms with van der Waals surface area (Å²) in [6.07, 6.45) is 14.1. The van der Waals surface area contributed by atoms with Crippen molar-refractivity contribution < 1.29 is 19.6 Å². The van der Waals surface area contributed by atoms with E-state index >= 15 is 0 Å². The van der Waals surface area contributed by atoms with Crippen molar-refractivity contribution in [2.75, 3.05) is 21.3 Å². The van der Waals surface area contributed by atoms with Crippen molar-refractivity contribution in [2.45, 2.75) is 105 Å². The predicted octanol–water partition coefficient (Wildman–Crippen LogP) is 23.9. The monoisotopic (exact) mass is 1690 g/mol. The van der Waals surface area contributed by atoms with E-state index in [1.54, 1.807) is 24.8 Å². The molecule has 6 N–H and O–H groups in total. The molecule has 0 atom stereocenters. The number of carbonyl (C=O) groups is 2. The van der Waals surface area contributed by atoms with E-state index in [9.17, 15) is 9.59 Å². The Morgan fingerprint density at radius 3 is 0.689 bits per heavy atom. The fourth-order valence-electron chi connectivity index (χ4n) is 16.9. The fourth-order valence-corrected chi connectivity index (χ4v) is 17.6. The number of hydrogen-bond acceptors (Lipinski definition) is 14. The van der Waals surface area contributed by atoms with Crippen LogP contribution in [0.25, 0.3) is 44.5 Å². The third-order valence-electron chi connectivity index (χ3n) is 23.4. The highest BCUT2D eigenvalue weighted by atomic mass is 79.9. The lowest BCUT2D eigenvalue weighted by atomic mass is 9.74. The van der Waals surface area contributed by atoms with E-state index < -0.39 is 7.12 Å². The van der Waals surface area contributed by atoms with E-state index in [2.05, 4.69) is 357 Å². The number of halogens is 2. The van der Waals surface area contributed by atoms with Gasteiger partial charge >= 0.3 is 7.12 Å². The molecule has 21 rings (SSSR count). The first-order chi connectivity index (χ1) is 57.2. The van der Waals surface area contributed by atoms with Crippen molar-refractivity contribution >= 4 is 102 Å². The van der Waals surface area contributed by atoms with Gasteiger partial charge in [-0.1, -0.05) is 245 Å². The van der Waals surface area contributed by atoms with Crippen LogP contribution in [0, 0.1) is 27.7 Å². The highest BCUT2D eigenvalue weighted by Crippen LogP contribution is 2.51. The number of aromatic nitrogens is 6. The van der Waals surface area contributed by atoms with Crippen molar-refractivity contribution in [3.05, 3.63) is 397 Å². The van der Waals surface area contributed by atoms with Crippen molar-refractivity contribution in [3.63, 3.8) is 0 Å². The van der Waals surface area contributed by atoms with Crippen LogP contribution in [0.3, 0.4) is 0 Å². The molecule has 17 heteroatoms. The lowest BCUT2D eigenvalue weighted by Crippen LogP contribution is -2.30. The number of anilines is 8. The summed E-state index contributed by atoms with van der Waals surface area (Å²) in [5.74, 6) is 0.155. The van der Waals surface area contributed by atoms with Gasteiger partial charge in [0.15, 0.2) is 11.6 Å².